The van der Waals surface area contributed by atoms with Crippen molar-refractivity contribution in [1.82, 2.24) is 4.98 Å². The van der Waals surface area contributed by atoms with Gasteiger partial charge in [-0.25, -0.2) is 0 Å². The second kappa shape index (κ2) is 6.26. The Balaban J connectivity index is 2.17. The summed E-state index contributed by atoms with van der Waals surface area (Å²) in [5.41, 5.74) is 10.4. The molecule has 5 heteroatoms. The van der Waals surface area contributed by atoms with Crippen LogP contribution in [0.2, 0.25) is 0 Å². The molecule has 0 saturated carbocycles. The van der Waals surface area contributed by atoms with E-state index in [0.29, 0.717) is 12.3 Å². The highest BCUT2D eigenvalue weighted by atomic mass is 16.5. The summed E-state index contributed by atoms with van der Waals surface area (Å²) in [5.74, 6) is 0.856. The van der Waals surface area contributed by atoms with Crippen LogP contribution in [0.5, 0.6) is 5.75 Å². The van der Waals surface area contributed by atoms with Crippen LogP contribution in [-0.4, -0.2) is 16.0 Å². The van der Waals surface area contributed by atoms with Crippen molar-refractivity contribution in [2.24, 2.45) is 10.9 Å². The Bertz CT molecular complexity index is 681. The predicted octanol–water partition coefficient (Wildman–Crippen LogP) is 2.68. The fourth-order valence-corrected chi connectivity index (χ4v) is 2.07. The fourth-order valence-electron chi connectivity index (χ4n) is 2.07. The zero-order valence-corrected chi connectivity index (χ0v) is 12.4. The summed E-state index contributed by atoms with van der Waals surface area (Å²) in [5, 5.41) is 11.6. The molecule has 2 rings (SSSR count). The molecule has 2 aromatic rings. The number of nitrogens with zero attached hydrogens (tertiary/aromatic N) is 2. The third-order valence-electron chi connectivity index (χ3n) is 3.35. The summed E-state index contributed by atoms with van der Waals surface area (Å²) in [7, 11) is 0. The molecule has 0 saturated heterocycles. The van der Waals surface area contributed by atoms with E-state index in [2.05, 4.69) is 23.1 Å². The molecular formula is C16H19N3O2. The first-order valence-electron chi connectivity index (χ1n) is 6.64. The van der Waals surface area contributed by atoms with Gasteiger partial charge in [0.25, 0.3) is 0 Å². The molecule has 0 spiro atoms. The SMILES string of the molecule is Cc1cc(C)c(C)c(OCc2ccnc(C(N)=NO)c2)c1. The number of aryl methyl sites for hydroxylation is 2. The zero-order chi connectivity index (χ0) is 15.4. The number of ether oxygens (including phenoxy) is 1. The van der Waals surface area contributed by atoms with E-state index in [-0.39, 0.29) is 5.84 Å². The summed E-state index contributed by atoms with van der Waals surface area (Å²) in [4.78, 5) is 4.04. The van der Waals surface area contributed by atoms with Gasteiger partial charge in [0.05, 0.1) is 0 Å². The van der Waals surface area contributed by atoms with Gasteiger partial charge < -0.3 is 15.7 Å². The number of nitrogens with two attached hydrogens (primary N) is 1. The molecule has 0 radical (unpaired) electrons. The van der Waals surface area contributed by atoms with E-state index in [1.54, 1.807) is 12.3 Å². The predicted molar refractivity (Wildman–Crippen MR) is 81.7 cm³/mol. The van der Waals surface area contributed by atoms with Gasteiger partial charge in [-0.2, -0.15) is 0 Å². The van der Waals surface area contributed by atoms with Gasteiger partial charge in [-0.05, 0) is 61.2 Å². The van der Waals surface area contributed by atoms with Crippen LogP contribution >= 0.6 is 0 Å². The number of benzene rings is 1. The molecule has 0 atom stereocenters. The van der Waals surface area contributed by atoms with E-state index in [1.165, 1.54) is 11.1 Å². The summed E-state index contributed by atoms with van der Waals surface area (Å²) in [6, 6.07) is 7.73. The van der Waals surface area contributed by atoms with Crippen molar-refractivity contribution >= 4 is 5.84 Å². The van der Waals surface area contributed by atoms with Crippen molar-refractivity contribution in [1.29, 1.82) is 0 Å². The minimum absolute atomic E-state index is 0.0144. The van der Waals surface area contributed by atoms with Gasteiger partial charge in [-0.1, -0.05) is 11.2 Å². The van der Waals surface area contributed by atoms with Crippen LogP contribution in [0.25, 0.3) is 0 Å². The van der Waals surface area contributed by atoms with E-state index in [9.17, 15) is 0 Å². The lowest BCUT2D eigenvalue weighted by atomic mass is 10.1. The van der Waals surface area contributed by atoms with E-state index >= 15 is 0 Å². The van der Waals surface area contributed by atoms with E-state index < -0.39 is 0 Å². The third-order valence-corrected chi connectivity index (χ3v) is 3.35. The average Bonchev–Trinajstić information content (AvgIpc) is 2.49. The van der Waals surface area contributed by atoms with Crippen molar-refractivity contribution in [3.05, 3.63) is 58.4 Å². The van der Waals surface area contributed by atoms with Gasteiger partial charge in [-0.15, -0.1) is 0 Å². The molecule has 0 amide bonds. The lowest BCUT2D eigenvalue weighted by molar-refractivity contribution is 0.303. The molecule has 1 aromatic carbocycles. The molecule has 1 heterocycles. The summed E-state index contributed by atoms with van der Waals surface area (Å²) in [6.07, 6.45) is 1.61. The van der Waals surface area contributed by atoms with Gasteiger partial charge in [-0.3, -0.25) is 4.98 Å². The Kier molecular flexibility index (Phi) is 4.42. The molecule has 21 heavy (non-hydrogen) atoms. The quantitative estimate of drug-likeness (QED) is 0.392. The number of amidine groups is 1. The van der Waals surface area contributed by atoms with Crippen molar-refractivity contribution < 1.29 is 9.94 Å². The zero-order valence-electron chi connectivity index (χ0n) is 12.4. The molecule has 5 nitrogen and oxygen atoms in total. The maximum Gasteiger partial charge on any atom is 0.188 e. The number of hydrogen-bond donors (Lipinski definition) is 2. The smallest absolute Gasteiger partial charge is 0.188 e. The first-order valence-corrected chi connectivity index (χ1v) is 6.64. The summed E-state index contributed by atoms with van der Waals surface area (Å²) < 4.78 is 5.88. The largest absolute Gasteiger partial charge is 0.489 e. The molecule has 0 unspecified atom stereocenters. The number of oxime groups is 1. The second-order valence-electron chi connectivity index (χ2n) is 5.03. The molecule has 1 aromatic heterocycles. The molecule has 110 valence electrons. The Labute approximate surface area is 124 Å². The Morgan fingerprint density at radius 1 is 1.29 bits per heavy atom. The minimum atomic E-state index is -0.0144. The molecule has 0 aliphatic carbocycles. The van der Waals surface area contributed by atoms with Crippen LogP contribution in [0, 0.1) is 20.8 Å². The number of pyridine rings is 1. The molecule has 0 bridgehead atoms. The van der Waals surface area contributed by atoms with Crippen molar-refractivity contribution in [3.8, 4) is 5.75 Å². The Morgan fingerprint density at radius 2 is 2.05 bits per heavy atom. The van der Waals surface area contributed by atoms with Crippen molar-refractivity contribution in [3.63, 3.8) is 0 Å². The van der Waals surface area contributed by atoms with Crippen LogP contribution in [0.3, 0.4) is 0 Å². The van der Waals surface area contributed by atoms with Crippen LogP contribution in [0.1, 0.15) is 27.9 Å². The van der Waals surface area contributed by atoms with Gasteiger partial charge in [0.2, 0.25) is 0 Å². The van der Waals surface area contributed by atoms with E-state index in [0.717, 1.165) is 16.9 Å². The second-order valence-corrected chi connectivity index (χ2v) is 5.03. The van der Waals surface area contributed by atoms with Crippen molar-refractivity contribution in [2.45, 2.75) is 27.4 Å². The topological polar surface area (TPSA) is 80.7 Å². The normalized spacial score (nSPS) is 11.5. The fraction of sp³-hybridized carbons (Fsp3) is 0.250. The maximum atomic E-state index is 8.68. The highest BCUT2D eigenvalue weighted by molar-refractivity contribution is 5.95. The van der Waals surface area contributed by atoms with Gasteiger partial charge in [0.15, 0.2) is 5.84 Å². The number of aromatic nitrogens is 1. The minimum Gasteiger partial charge on any atom is -0.489 e. The summed E-state index contributed by atoms with van der Waals surface area (Å²) >= 11 is 0. The standard InChI is InChI=1S/C16H19N3O2/c1-10-6-11(2)12(3)15(7-10)21-9-13-4-5-18-14(8-13)16(17)19-20/h4-8,20H,9H2,1-3H3,(H2,17,19). The monoisotopic (exact) mass is 285 g/mol. The first kappa shape index (κ1) is 14.8. The van der Waals surface area contributed by atoms with E-state index in [4.69, 9.17) is 15.7 Å². The highest BCUT2D eigenvalue weighted by Crippen LogP contribution is 2.24. The van der Waals surface area contributed by atoms with E-state index in [1.807, 2.05) is 26.0 Å². The van der Waals surface area contributed by atoms with Crippen LogP contribution in [0.15, 0.2) is 35.6 Å². The van der Waals surface area contributed by atoms with Crippen molar-refractivity contribution in [2.75, 3.05) is 0 Å². The lowest BCUT2D eigenvalue weighted by Gasteiger charge is -2.12. The van der Waals surface area contributed by atoms with Gasteiger partial charge in [0, 0.05) is 6.20 Å². The first-order chi connectivity index (χ1) is 10.0. The molecule has 0 fully saturated rings. The Hall–Kier alpha value is -2.56. The lowest BCUT2D eigenvalue weighted by Crippen LogP contribution is -2.15. The van der Waals surface area contributed by atoms with Crippen LogP contribution in [-0.2, 0) is 6.61 Å². The maximum absolute atomic E-state index is 8.68. The average molecular weight is 285 g/mol. The molecule has 3 N–H and O–H groups in total. The highest BCUT2D eigenvalue weighted by Gasteiger charge is 2.06. The summed E-state index contributed by atoms with van der Waals surface area (Å²) in [6.45, 7) is 6.55. The Morgan fingerprint density at radius 3 is 2.76 bits per heavy atom. The number of rotatable bonds is 4. The van der Waals surface area contributed by atoms with Crippen LogP contribution < -0.4 is 10.5 Å². The van der Waals surface area contributed by atoms with Gasteiger partial charge >= 0.3 is 0 Å². The molecular weight excluding hydrogens is 266 g/mol. The molecule has 0 aliphatic heterocycles. The van der Waals surface area contributed by atoms with Gasteiger partial charge in [0.1, 0.15) is 18.1 Å². The number of hydrogen-bond acceptors (Lipinski definition) is 4. The molecule has 0 aliphatic rings. The third kappa shape index (κ3) is 3.51. The van der Waals surface area contributed by atoms with Crippen LogP contribution in [0.4, 0.5) is 0 Å².